The Kier molecular flexibility index (Phi) is 7.22. The Morgan fingerprint density at radius 2 is 1.96 bits per heavy atom. The number of hydrogen-bond donors (Lipinski definition) is 2. The number of carbonyl (C=O) groups is 1. The number of methoxy groups -OCH3 is 1. The molecule has 0 saturated carbocycles. The molecule has 2 aromatic rings. The van der Waals surface area contributed by atoms with Crippen molar-refractivity contribution in [2.75, 3.05) is 30.9 Å². The molecule has 2 rings (SSSR count). The van der Waals surface area contributed by atoms with Crippen LogP contribution in [-0.2, 0) is 9.53 Å². The Morgan fingerprint density at radius 1 is 1.28 bits per heavy atom. The van der Waals surface area contributed by atoms with Gasteiger partial charge < -0.3 is 15.4 Å². The highest BCUT2D eigenvalue weighted by atomic mass is 32.2. The largest absolute Gasteiger partial charge is 0.383 e. The molecule has 0 spiro atoms. The number of benzene rings is 1. The Morgan fingerprint density at radius 3 is 2.60 bits per heavy atom. The van der Waals surface area contributed by atoms with Crippen molar-refractivity contribution in [3.63, 3.8) is 0 Å². The number of aryl methyl sites for hydroxylation is 3. The zero-order valence-corrected chi connectivity index (χ0v) is 16.8. The van der Waals surface area contributed by atoms with Gasteiger partial charge in [-0.05, 0) is 38.8 Å². The summed E-state index contributed by atoms with van der Waals surface area (Å²) in [7, 11) is 1.65. The minimum Gasteiger partial charge on any atom is -0.383 e. The maximum Gasteiger partial charge on any atom is 0.237 e. The zero-order chi connectivity index (χ0) is 18.4. The maximum absolute atomic E-state index is 12.5. The molecule has 0 aliphatic heterocycles. The molecule has 1 amide bonds. The van der Waals surface area contributed by atoms with E-state index in [1.807, 2.05) is 20.8 Å². The van der Waals surface area contributed by atoms with E-state index in [1.165, 1.54) is 28.7 Å². The molecule has 0 saturated heterocycles. The lowest BCUT2D eigenvalue weighted by Crippen LogP contribution is -2.23. The molecule has 2 N–H and O–H groups in total. The fourth-order valence-corrected chi connectivity index (χ4v) is 4.32. The smallest absolute Gasteiger partial charge is 0.237 e. The number of aromatic nitrogens is 2. The van der Waals surface area contributed by atoms with Crippen molar-refractivity contribution < 1.29 is 9.53 Å². The van der Waals surface area contributed by atoms with Gasteiger partial charge in [0.1, 0.15) is 0 Å². The third-order valence-electron chi connectivity index (χ3n) is 3.56. The summed E-state index contributed by atoms with van der Waals surface area (Å²) in [5, 5.41) is 14.8. The van der Waals surface area contributed by atoms with Crippen molar-refractivity contribution in [1.29, 1.82) is 0 Å². The van der Waals surface area contributed by atoms with Gasteiger partial charge in [-0.1, -0.05) is 40.8 Å². The van der Waals surface area contributed by atoms with Gasteiger partial charge in [-0.15, -0.1) is 10.2 Å². The molecule has 6 nitrogen and oxygen atoms in total. The first-order valence-corrected chi connectivity index (χ1v) is 9.72. The second-order valence-electron chi connectivity index (χ2n) is 5.82. The number of thioether (sulfide) groups is 1. The summed E-state index contributed by atoms with van der Waals surface area (Å²) in [6, 6.07) is 4.15. The van der Waals surface area contributed by atoms with E-state index in [9.17, 15) is 4.79 Å². The second kappa shape index (κ2) is 9.17. The van der Waals surface area contributed by atoms with Crippen molar-refractivity contribution in [1.82, 2.24) is 10.2 Å². The van der Waals surface area contributed by atoms with Crippen LogP contribution >= 0.6 is 23.1 Å². The van der Waals surface area contributed by atoms with Crippen molar-refractivity contribution in [3.05, 3.63) is 28.8 Å². The van der Waals surface area contributed by atoms with E-state index in [4.69, 9.17) is 4.74 Å². The predicted molar refractivity (Wildman–Crippen MR) is 105 cm³/mol. The Bertz CT molecular complexity index is 710. The van der Waals surface area contributed by atoms with Gasteiger partial charge in [0.2, 0.25) is 11.0 Å². The molecule has 0 radical (unpaired) electrons. The van der Waals surface area contributed by atoms with Crippen molar-refractivity contribution in [2.45, 2.75) is 37.3 Å². The summed E-state index contributed by atoms with van der Waals surface area (Å²) in [6.45, 7) is 9.23. The minimum atomic E-state index is -0.264. The molecule has 136 valence electrons. The van der Waals surface area contributed by atoms with Gasteiger partial charge in [-0.3, -0.25) is 4.79 Å². The summed E-state index contributed by atoms with van der Waals surface area (Å²) in [6.07, 6.45) is 0. The third kappa shape index (κ3) is 5.69. The third-order valence-corrected chi connectivity index (χ3v) is 5.63. The van der Waals surface area contributed by atoms with Crippen LogP contribution in [0.5, 0.6) is 0 Å². The van der Waals surface area contributed by atoms with Gasteiger partial charge in [0.05, 0.1) is 11.9 Å². The minimum absolute atomic E-state index is 0.0378. The molecule has 1 heterocycles. The first-order chi connectivity index (χ1) is 11.9. The Balaban J connectivity index is 1.94. The molecular formula is C17H24N4O2S2. The molecule has 0 aliphatic rings. The van der Waals surface area contributed by atoms with Crippen LogP contribution in [0.2, 0.25) is 0 Å². The number of nitrogens with zero attached hydrogens (tertiary/aromatic N) is 2. The molecule has 8 heteroatoms. The van der Waals surface area contributed by atoms with Gasteiger partial charge >= 0.3 is 0 Å². The number of rotatable bonds is 8. The SMILES string of the molecule is COCCNc1nnc(S[C@@H](C)C(=O)Nc2c(C)cc(C)cc2C)s1. The van der Waals surface area contributed by atoms with Gasteiger partial charge in [0.15, 0.2) is 4.34 Å². The quantitative estimate of drug-likeness (QED) is 0.538. The van der Waals surface area contributed by atoms with Crippen LogP contribution in [0.25, 0.3) is 0 Å². The van der Waals surface area contributed by atoms with E-state index in [0.29, 0.717) is 13.2 Å². The molecule has 0 fully saturated rings. The summed E-state index contributed by atoms with van der Waals surface area (Å²) in [4.78, 5) is 12.5. The number of amides is 1. The fraction of sp³-hybridized carbons (Fsp3) is 0.471. The van der Waals surface area contributed by atoms with E-state index in [1.54, 1.807) is 7.11 Å². The summed E-state index contributed by atoms with van der Waals surface area (Å²) >= 11 is 2.85. The average molecular weight is 381 g/mol. The molecule has 0 aliphatic carbocycles. The van der Waals surface area contributed by atoms with Crippen LogP contribution in [-0.4, -0.2) is 41.6 Å². The van der Waals surface area contributed by atoms with Crippen LogP contribution in [0.3, 0.4) is 0 Å². The summed E-state index contributed by atoms with van der Waals surface area (Å²) in [5.41, 5.74) is 4.23. The highest BCUT2D eigenvalue weighted by molar-refractivity contribution is 8.02. The van der Waals surface area contributed by atoms with Crippen molar-refractivity contribution in [3.8, 4) is 0 Å². The van der Waals surface area contributed by atoms with Crippen LogP contribution in [0.15, 0.2) is 16.5 Å². The molecule has 1 aromatic carbocycles. The number of carbonyl (C=O) groups excluding carboxylic acids is 1. The second-order valence-corrected chi connectivity index (χ2v) is 8.38. The molecule has 0 unspecified atom stereocenters. The van der Waals surface area contributed by atoms with Gasteiger partial charge in [-0.2, -0.15) is 0 Å². The van der Waals surface area contributed by atoms with E-state index < -0.39 is 0 Å². The van der Waals surface area contributed by atoms with E-state index in [2.05, 4.69) is 39.9 Å². The Labute approximate surface area is 156 Å². The van der Waals surface area contributed by atoms with Crippen LogP contribution in [0.1, 0.15) is 23.6 Å². The monoisotopic (exact) mass is 380 g/mol. The topological polar surface area (TPSA) is 76.1 Å². The van der Waals surface area contributed by atoms with E-state index in [0.717, 1.165) is 26.3 Å². The van der Waals surface area contributed by atoms with Gasteiger partial charge in [-0.25, -0.2) is 0 Å². The van der Waals surface area contributed by atoms with E-state index in [-0.39, 0.29) is 11.2 Å². The lowest BCUT2D eigenvalue weighted by Gasteiger charge is -2.15. The van der Waals surface area contributed by atoms with Crippen molar-refractivity contribution in [2.24, 2.45) is 0 Å². The first-order valence-electron chi connectivity index (χ1n) is 8.02. The van der Waals surface area contributed by atoms with Crippen LogP contribution in [0, 0.1) is 20.8 Å². The molecule has 25 heavy (non-hydrogen) atoms. The number of hydrogen-bond acceptors (Lipinski definition) is 7. The standard InChI is InChI=1S/C17H24N4O2S2/c1-10-8-11(2)14(12(3)9-10)19-15(22)13(4)24-17-21-20-16(25-17)18-6-7-23-5/h8-9,13H,6-7H2,1-5H3,(H,18,20)(H,19,22)/t13-/m0/s1. The molecule has 1 aromatic heterocycles. The zero-order valence-electron chi connectivity index (χ0n) is 15.2. The number of ether oxygens (including phenoxy) is 1. The molecule has 1 atom stereocenters. The maximum atomic E-state index is 12.5. The molecular weight excluding hydrogens is 356 g/mol. The highest BCUT2D eigenvalue weighted by Gasteiger charge is 2.18. The summed E-state index contributed by atoms with van der Waals surface area (Å²) < 4.78 is 5.75. The average Bonchev–Trinajstić information content (AvgIpc) is 2.98. The fourth-order valence-electron chi connectivity index (χ4n) is 2.40. The first kappa shape index (κ1) is 19.7. The number of anilines is 2. The number of nitrogens with one attached hydrogen (secondary N) is 2. The lowest BCUT2D eigenvalue weighted by molar-refractivity contribution is -0.115. The van der Waals surface area contributed by atoms with Gasteiger partial charge in [0, 0.05) is 19.3 Å². The van der Waals surface area contributed by atoms with Crippen LogP contribution in [0.4, 0.5) is 10.8 Å². The summed E-state index contributed by atoms with van der Waals surface area (Å²) in [5.74, 6) is -0.0378. The molecule has 0 bridgehead atoms. The highest BCUT2D eigenvalue weighted by Crippen LogP contribution is 2.30. The lowest BCUT2D eigenvalue weighted by atomic mass is 10.1. The van der Waals surface area contributed by atoms with Crippen molar-refractivity contribution >= 4 is 39.8 Å². The normalized spacial score (nSPS) is 12.0. The van der Waals surface area contributed by atoms with E-state index >= 15 is 0 Å². The van der Waals surface area contributed by atoms with Crippen LogP contribution < -0.4 is 10.6 Å². The van der Waals surface area contributed by atoms with Gasteiger partial charge in [0.25, 0.3) is 0 Å². The predicted octanol–water partition coefficient (Wildman–Crippen LogP) is 3.64. The Hall–Kier alpha value is -1.64.